The lowest BCUT2D eigenvalue weighted by atomic mass is 10.1. The van der Waals surface area contributed by atoms with E-state index in [-0.39, 0.29) is 5.75 Å². The lowest BCUT2D eigenvalue weighted by Gasteiger charge is -2.19. The second-order valence-electron chi connectivity index (χ2n) is 7.49. The predicted octanol–water partition coefficient (Wildman–Crippen LogP) is 4.20. The van der Waals surface area contributed by atoms with Crippen LogP contribution >= 0.6 is 0 Å². The first kappa shape index (κ1) is 21.2. The van der Waals surface area contributed by atoms with Crippen molar-refractivity contribution in [1.29, 1.82) is 0 Å². The van der Waals surface area contributed by atoms with Gasteiger partial charge in [0.25, 0.3) is 6.47 Å². The Morgan fingerprint density at radius 1 is 1.06 bits per heavy atom. The first-order valence-corrected chi connectivity index (χ1v) is 10.8. The fourth-order valence-corrected chi connectivity index (χ4v) is 4.17. The summed E-state index contributed by atoms with van der Waals surface area (Å²) in [6, 6.07) is 9.55. The number of aromatic nitrogens is 1. The number of para-hydroxylation sites is 1. The zero-order valence-electron chi connectivity index (χ0n) is 18.1. The van der Waals surface area contributed by atoms with Crippen molar-refractivity contribution < 1.29 is 23.7 Å². The summed E-state index contributed by atoms with van der Waals surface area (Å²) in [6.45, 7) is 6.62. The SMILES string of the molecule is CCOc1c2ccccc2nc2cc(OCCCN3CCCC3)c(OC)c(OC=O)c12. The number of pyridine rings is 1. The van der Waals surface area contributed by atoms with Crippen LogP contribution in [0.3, 0.4) is 0 Å². The molecular weight excluding hydrogens is 396 g/mol. The molecule has 1 aliphatic rings. The minimum absolute atomic E-state index is 0.256. The van der Waals surface area contributed by atoms with Gasteiger partial charge in [-0.3, -0.25) is 4.79 Å². The highest BCUT2D eigenvalue weighted by Gasteiger charge is 2.23. The van der Waals surface area contributed by atoms with Gasteiger partial charge in [-0.2, -0.15) is 0 Å². The number of hydrogen-bond donors (Lipinski definition) is 0. The Hall–Kier alpha value is -3.06. The van der Waals surface area contributed by atoms with E-state index in [1.54, 1.807) is 0 Å². The summed E-state index contributed by atoms with van der Waals surface area (Å²) in [5, 5.41) is 1.43. The molecule has 0 radical (unpaired) electrons. The Labute approximate surface area is 181 Å². The standard InChI is InChI=1S/C24H28N2O5/c1-3-29-22-17-9-4-5-10-18(17)25-19-15-20(23(28-2)24(21(19)22)31-16-27)30-14-8-13-26-11-6-7-12-26/h4-5,9-10,15-16H,3,6-8,11-14H2,1-2H3. The number of methoxy groups -OCH3 is 1. The molecule has 0 N–H and O–H groups in total. The average Bonchev–Trinajstić information content (AvgIpc) is 3.30. The smallest absolute Gasteiger partial charge is 0.298 e. The molecule has 7 heteroatoms. The Bertz CT molecular complexity index is 1060. The van der Waals surface area contributed by atoms with Crippen LogP contribution < -0.4 is 18.9 Å². The summed E-state index contributed by atoms with van der Waals surface area (Å²) < 4.78 is 23.0. The van der Waals surface area contributed by atoms with Gasteiger partial charge in [-0.25, -0.2) is 4.98 Å². The zero-order valence-corrected chi connectivity index (χ0v) is 18.1. The molecule has 1 aliphatic heterocycles. The van der Waals surface area contributed by atoms with Crippen LogP contribution in [0.15, 0.2) is 30.3 Å². The molecule has 1 aromatic heterocycles. The van der Waals surface area contributed by atoms with E-state index in [9.17, 15) is 4.79 Å². The fourth-order valence-electron chi connectivity index (χ4n) is 4.17. The quantitative estimate of drug-likeness (QED) is 0.274. The molecule has 0 aliphatic carbocycles. The van der Waals surface area contributed by atoms with Crippen molar-refractivity contribution in [2.45, 2.75) is 26.2 Å². The van der Waals surface area contributed by atoms with Crippen LogP contribution in [0.4, 0.5) is 0 Å². The molecule has 0 amide bonds. The first-order chi connectivity index (χ1) is 15.3. The third-order valence-electron chi connectivity index (χ3n) is 5.53. The molecule has 0 saturated carbocycles. The van der Waals surface area contributed by atoms with Gasteiger partial charge in [0.05, 0.1) is 36.7 Å². The predicted molar refractivity (Wildman–Crippen MR) is 119 cm³/mol. The van der Waals surface area contributed by atoms with Gasteiger partial charge in [-0.15, -0.1) is 0 Å². The number of ether oxygens (including phenoxy) is 4. The van der Waals surface area contributed by atoms with E-state index < -0.39 is 0 Å². The molecule has 0 spiro atoms. The Kier molecular flexibility index (Phi) is 6.72. The lowest BCUT2D eigenvalue weighted by molar-refractivity contribution is -0.120. The maximum Gasteiger partial charge on any atom is 0.298 e. The van der Waals surface area contributed by atoms with Crippen LogP contribution in [0.25, 0.3) is 21.8 Å². The van der Waals surface area contributed by atoms with E-state index in [0.717, 1.165) is 37.0 Å². The molecule has 31 heavy (non-hydrogen) atoms. The normalized spacial score (nSPS) is 14.1. The fraction of sp³-hybridized carbons (Fsp3) is 0.417. The number of hydrogen-bond acceptors (Lipinski definition) is 7. The molecule has 0 unspecified atom stereocenters. The van der Waals surface area contributed by atoms with Gasteiger partial charge in [0.15, 0.2) is 11.5 Å². The van der Waals surface area contributed by atoms with E-state index in [0.29, 0.717) is 47.8 Å². The van der Waals surface area contributed by atoms with Gasteiger partial charge in [0.2, 0.25) is 5.75 Å². The summed E-state index contributed by atoms with van der Waals surface area (Å²) in [5.41, 5.74) is 1.41. The van der Waals surface area contributed by atoms with Crippen molar-refractivity contribution in [2.24, 2.45) is 0 Å². The number of carbonyl (C=O) groups is 1. The summed E-state index contributed by atoms with van der Waals surface area (Å²) in [5.74, 6) is 1.72. The molecule has 164 valence electrons. The number of rotatable bonds is 10. The minimum Gasteiger partial charge on any atom is -0.492 e. The van der Waals surface area contributed by atoms with Crippen LogP contribution in [-0.4, -0.2) is 56.3 Å². The molecule has 0 atom stereocenters. The molecule has 2 heterocycles. The summed E-state index contributed by atoms with van der Waals surface area (Å²) in [4.78, 5) is 18.6. The highest BCUT2D eigenvalue weighted by atomic mass is 16.6. The number of benzene rings is 2. The molecule has 3 aromatic rings. The highest BCUT2D eigenvalue weighted by molar-refractivity contribution is 6.06. The molecule has 4 rings (SSSR count). The molecular formula is C24H28N2O5. The summed E-state index contributed by atoms with van der Waals surface area (Å²) >= 11 is 0. The Balaban J connectivity index is 1.75. The zero-order chi connectivity index (χ0) is 21.6. The Morgan fingerprint density at radius 3 is 2.61 bits per heavy atom. The monoisotopic (exact) mass is 424 g/mol. The maximum absolute atomic E-state index is 11.4. The summed E-state index contributed by atoms with van der Waals surface area (Å²) in [7, 11) is 1.53. The van der Waals surface area contributed by atoms with Crippen LogP contribution in [0.2, 0.25) is 0 Å². The van der Waals surface area contributed by atoms with Crippen molar-refractivity contribution in [3.8, 4) is 23.0 Å². The van der Waals surface area contributed by atoms with Crippen LogP contribution in [0, 0.1) is 0 Å². The molecule has 1 saturated heterocycles. The topological polar surface area (TPSA) is 70.1 Å². The molecule has 1 fully saturated rings. The van der Waals surface area contributed by atoms with Gasteiger partial charge in [0, 0.05) is 18.0 Å². The second kappa shape index (κ2) is 9.83. The van der Waals surface area contributed by atoms with Crippen LogP contribution in [-0.2, 0) is 4.79 Å². The third-order valence-corrected chi connectivity index (χ3v) is 5.53. The van der Waals surface area contributed by atoms with E-state index in [4.69, 9.17) is 23.9 Å². The van der Waals surface area contributed by atoms with Crippen molar-refractivity contribution in [2.75, 3.05) is 40.0 Å². The van der Waals surface area contributed by atoms with Crippen molar-refractivity contribution in [3.63, 3.8) is 0 Å². The van der Waals surface area contributed by atoms with Gasteiger partial charge in [0.1, 0.15) is 5.75 Å². The number of fused-ring (bicyclic) bond motifs is 2. The van der Waals surface area contributed by atoms with E-state index in [1.807, 2.05) is 37.3 Å². The van der Waals surface area contributed by atoms with Crippen molar-refractivity contribution in [3.05, 3.63) is 30.3 Å². The highest BCUT2D eigenvalue weighted by Crippen LogP contribution is 2.48. The van der Waals surface area contributed by atoms with Crippen LogP contribution in [0.5, 0.6) is 23.0 Å². The van der Waals surface area contributed by atoms with Crippen molar-refractivity contribution >= 4 is 28.3 Å². The van der Waals surface area contributed by atoms with Gasteiger partial charge in [-0.1, -0.05) is 12.1 Å². The maximum atomic E-state index is 11.4. The van der Waals surface area contributed by atoms with Gasteiger partial charge >= 0.3 is 0 Å². The number of carbonyl (C=O) groups excluding carboxylic acids is 1. The minimum atomic E-state index is 0.256. The van der Waals surface area contributed by atoms with Gasteiger partial charge < -0.3 is 23.8 Å². The van der Waals surface area contributed by atoms with Crippen molar-refractivity contribution in [1.82, 2.24) is 9.88 Å². The molecule has 7 nitrogen and oxygen atoms in total. The number of nitrogens with zero attached hydrogens (tertiary/aromatic N) is 2. The molecule has 2 aromatic carbocycles. The lowest BCUT2D eigenvalue weighted by Crippen LogP contribution is -2.22. The second-order valence-corrected chi connectivity index (χ2v) is 7.49. The van der Waals surface area contributed by atoms with E-state index >= 15 is 0 Å². The largest absolute Gasteiger partial charge is 0.492 e. The third kappa shape index (κ3) is 4.37. The van der Waals surface area contributed by atoms with Gasteiger partial charge in [-0.05, 0) is 51.4 Å². The first-order valence-electron chi connectivity index (χ1n) is 10.8. The van der Waals surface area contributed by atoms with E-state index in [2.05, 4.69) is 4.90 Å². The van der Waals surface area contributed by atoms with Crippen LogP contribution in [0.1, 0.15) is 26.2 Å². The Morgan fingerprint density at radius 2 is 1.87 bits per heavy atom. The van der Waals surface area contributed by atoms with E-state index in [1.165, 1.54) is 20.0 Å². The number of likely N-dealkylation sites (tertiary alicyclic amines) is 1. The molecule has 0 bridgehead atoms. The average molecular weight is 424 g/mol. The summed E-state index contributed by atoms with van der Waals surface area (Å²) in [6.07, 6.45) is 3.45.